The largest absolute Gasteiger partial charge is 0.339 e. The first-order valence-corrected chi connectivity index (χ1v) is 4.91. The van der Waals surface area contributed by atoms with E-state index < -0.39 is 0 Å². The molecule has 0 aromatic heterocycles. The Morgan fingerprint density at radius 2 is 2.17 bits per heavy atom. The molecule has 0 N–H and O–H groups in total. The van der Waals surface area contributed by atoms with Crippen LogP contribution in [0.3, 0.4) is 0 Å². The summed E-state index contributed by atoms with van der Waals surface area (Å²) in [6.45, 7) is 5.45. The van der Waals surface area contributed by atoms with Gasteiger partial charge in [-0.25, -0.2) is 0 Å². The minimum absolute atomic E-state index is 0.234. The first kappa shape index (κ1) is 8.09. The predicted molar refractivity (Wildman–Crippen MR) is 47.8 cm³/mol. The summed E-state index contributed by atoms with van der Waals surface area (Å²) in [5.74, 6) is 0.379. The molecule has 0 aromatic carbocycles. The van der Waals surface area contributed by atoms with Gasteiger partial charge in [0.1, 0.15) is 0 Å². The average molecular weight is 167 g/mol. The Kier molecular flexibility index (Phi) is 1.67. The van der Waals surface area contributed by atoms with Crippen molar-refractivity contribution in [3.8, 4) is 0 Å². The standard InChI is InChI=1S/C10H17NO/c1-10(2)7-9(12)11-6-4-3-5-8(10)11/h8H,3-7H2,1-2H3. The summed E-state index contributed by atoms with van der Waals surface area (Å²) in [6.07, 6.45) is 4.49. The molecular weight excluding hydrogens is 150 g/mol. The molecule has 12 heavy (non-hydrogen) atoms. The summed E-state index contributed by atoms with van der Waals surface area (Å²) in [7, 11) is 0. The van der Waals surface area contributed by atoms with E-state index in [1.807, 2.05) is 0 Å². The van der Waals surface area contributed by atoms with Crippen molar-refractivity contribution in [1.82, 2.24) is 4.90 Å². The number of fused-ring (bicyclic) bond motifs is 1. The SMILES string of the molecule is CC1(C)CC(=O)N2CCCCC21. The molecule has 2 fully saturated rings. The van der Waals surface area contributed by atoms with Gasteiger partial charge in [-0.15, -0.1) is 0 Å². The van der Waals surface area contributed by atoms with Crippen LogP contribution in [-0.2, 0) is 4.79 Å². The smallest absolute Gasteiger partial charge is 0.223 e. The minimum atomic E-state index is 0.234. The lowest BCUT2D eigenvalue weighted by atomic mass is 9.81. The van der Waals surface area contributed by atoms with Crippen molar-refractivity contribution in [2.75, 3.05) is 6.54 Å². The summed E-state index contributed by atoms with van der Waals surface area (Å²) in [6, 6.07) is 0.541. The van der Waals surface area contributed by atoms with E-state index >= 15 is 0 Å². The zero-order chi connectivity index (χ0) is 8.77. The van der Waals surface area contributed by atoms with Crippen LogP contribution in [0.1, 0.15) is 39.5 Å². The van der Waals surface area contributed by atoms with E-state index in [-0.39, 0.29) is 5.41 Å². The van der Waals surface area contributed by atoms with Gasteiger partial charge in [0.05, 0.1) is 0 Å². The lowest BCUT2D eigenvalue weighted by Crippen LogP contribution is -2.41. The molecule has 2 nitrogen and oxygen atoms in total. The fourth-order valence-corrected chi connectivity index (χ4v) is 2.65. The molecule has 2 aliphatic rings. The van der Waals surface area contributed by atoms with Gasteiger partial charge in [0, 0.05) is 19.0 Å². The van der Waals surface area contributed by atoms with Crippen molar-refractivity contribution in [3.05, 3.63) is 0 Å². The van der Waals surface area contributed by atoms with E-state index in [0.29, 0.717) is 11.9 Å². The molecule has 2 heteroatoms. The Labute approximate surface area is 73.9 Å². The second-order valence-electron chi connectivity index (χ2n) is 4.76. The number of piperidine rings is 1. The lowest BCUT2D eigenvalue weighted by Gasteiger charge is -2.36. The molecule has 2 rings (SSSR count). The van der Waals surface area contributed by atoms with Gasteiger partial charge < -0.3 is 4.90 Å². The number of hydrogen-bond donors (Lipinski definition) is 0. The molecule has 1 amide bonds. The van der Waals surface area contributed by atoms with Crippen LogP contribution in [0, 0.1) is 5.41 Å². The van der Waals surface area contributed by atoms with Gasteiger partial charge in [-0.2, -0.15) is 0 Å². The third-order valence-corrected chi connectivity index (χ3v) is 3.33. The van der Waals surface area contributed by atoms with Crippen molar-refractivity contribution in [2.24, 2.45) is 5.41 Å². The molecule has 0 radical (unpaired) electrons. The Balaban J connectivity index is 2.22. The molecule has 1 atom stereocenters. The first-order chi connectivity index (χ1) is 5.61. The zero-order valence-electron chi connectivity index (χ0n) is 7.97. The average Bonchev–Trinajstić information content (AvgIpc) is 2.25. The molecule has 0 spiro atoms. The second-order valence-corrected chi connectivity index (χ2v) is 4.76. The summed E-state index contributed by atoms with van der Waals surface area (Å²) < 4.78 is 0. The third-order valence-electron chi connectivity index (χ3n) is 3.33. The van der Waals surface area contributed by atoms with E-state index in [1.165, 1.54) is 19.3 Å². The molecule has 2 heterocycles. The number of amides is 1. The third kappa shape index (κ3) is 1.05. The predicted octanol–water partition coefficient (Wildman–Crippen LogP) is 1.80. The van der Waals surface area contributed by atoms with Gasteiger partial charge >= 0.3 is 0 Å². The number of hydrogen-bond acceptors (Lipinski definition) is 1. The van der Waals surface area contributed by atoms with Crippen molar-refractivity contribution in [1.29, 1.82) is 0 Å². The van der Waals surface area contributed by atoms with Crippen LogP contribution < -0.4 is 0 Å². The Morgan fingerprint density at radius 1 is 1.42 bits per heavy atom. The van der Waals surface area contributed by atoms with E-state index in [2.05, 4.69) is 18.7 Å². The van der Waals surface area contributed by atoms with Crippen LogP contribution >= 0.6 is 0 Å². The lowest BCUT2D eigenvalue weighted by molar-refractivity contribution is -0.129. The Hall–Kier alpha value is -0.530. The molecule has 0 aliphatic carbocycles. The van der Waals surface area contributed by atoms with Crippen LogP contribution in [0.25, 0.3) is 0 Å². The Bertz CT molecular complexity index is 210. The number of carbonyl (C=O) groups excluding carboxylic acids is 1. The fraction of sp³-hybridized carbons (Fsp3) is 0.900. The molecule has 2 saturated heterocycles. The van der Waals surface area contributed by atoms with Gasteiger partial charge in [0.2, 0.25) is 5.91 Å². The monoisotopic (exact) mass is 167 g/mol. The second kappa shape index (κ2) is 2.48. The topological polar surface area (TPSA) is 20.3 Å². The maximum Gasteiger partial charge on any atom is 0.223 e. The molecule has 2 aliphatic heterocycles. The summed E-state index contributed by atoms with van der Waals surface area (Å²) >= 11 is 0. The van der Waals surface area contributed by atoms with E-state index in [1.54, 1.807) is 0 Å². The highest BCUT2D eigenvalue weighted by Crippen LogP contribution is 2.41. The van der Waals surface area contributed by atoms with Crippen LogP contribution in [-0.4, -0.2) is 23.4 Å². The van der Waals surface area contributed by atoms with E-state index in [9.17, 15) is 4.79 Å². The van der Waals surface area contributed by atoms with Gasteiger partial charge in [-0.3, -0.25) is 4.79 Å². The summed E-state index contributed by atoms with van der Waals surface area (Å²) in [5, 5.41) is 0. The van der Waals surface area contributed by atoms with Gasteiger partial charge in [0.25, 0.3) is 0 Å². The Morgan fingerprint density at radius 3 is 2.83 bits per heavy atom. The fourth-order valence-electron chi connectivity index (χ4n) is 2.65. The number of nitrogens with zero attached hydrogens (tertiary/aromatic N) is 1. The van der Waals surface area contributed by atoms with Crippen molar-refractivity contribution >= 4 is 5.91 Å². The van der Waals surface area contributed by atoms with Gasteiger partial charge in [0.15, 0.2) is 0 Å². The molecule has 68 valence electrons. The van der Waals surface area contributed by atoms with Crippen LogP contribution in [0.2, 0.25) is 0 Å². The first-order valence-electron chi connectivity index (χ1n) is 4.91. The van der Waals surface area contributed by atoms with Gasteiger partial charge in [-0.05, 0) is 24.7 Å². The van der Waals surface area contributed by atoms with Crippen LogP contribution in [0.15, 0.2) is 0 Å². The number of carbonyl (C=O) groups is 1. The summed E-state index contributed by atoms with van der Waals surface area (Å²) in [4.78, 5) is 13.7. The molecular formula is C10H17NO. The maximum atomic E-state index is 11.6. The highest BCUT2D eigenvalue weighted by molar-refractivity contribution is 5.80. The highest BCUT2D eigenvalue weighted by atomic mass is 16.2. The van der Waals surface area contributed by atoms with E-state index in [4.69, 9.17) is 0 Å². The van der Waals surface area contributed by atoms with E-state index in [0.717, 1.165) is 13.0 Å². The normalized spacial score (nSPS) is 33.7. The molecule has 1 unspecified atom stereocenters. The van der Waals surface area contributed by atoms with Crippen LogP contribution in [0.4, 0.5) is 0 Å². The maximum absolute atomic E-state index is 11.6. The highest BCUT2D eigenvalue weighted by Gasteiger charge is 2.45. The van der Waals surface area contributed by atoms with Crippen molar-refractivity contribution in [3.63, 3.8) is 0 Å². The molecule has 0 saturated carbocycles. The zero-order valence-corrected chi connectivity index (χ0v) is 7.97. The van der Waals surface area contributed by atoms with Crippen molar-refractivity contribution in [2.45, 2.75) is 45.6 Å². The molecule has 0 bridgehead atoms. The quantitative estimate of drug-likeness (QED) is 0.538. The number of rotatable bonds is 0. The summed E-state index contributed by atoms with van der Waals surface area (Å²) in [5.41, 5.74) is 0.234. The molecule has 0 aromatic rings. The van der Waals surface area contributed by atoms with Crippen LogP contribution in [0.5, 0.6) is 0 Å². The van der Waals surface area contributed by atoms with Crippen molar-refractivity contribution < 1.29 is 4.79 Å². The minimum Gasteiger partial charge on any atom is -0.339 e. The van der Waals surface area contributed by atoms with Gasteiger partial charge in [-0.1, -0.05) is 13.8 Å².